The zero-order valence-electron chi connectivity index (χ0n) is 11.7. The molecule has 4 rings (SSSR count). The van der Waals surface area contributed by atoms with Crippen LogP contribution in [0.1, 0.15) is 18.9 Å². The standard InChI is InChI=1S/C15H15N5S/c1-21-12-6-2-10(3-7-12)19-14-13-15(17-8-16-14)20(9-18-13)11-4-5-11/h2-3,6-9,11H,4-5H2,1H3,(H,16,17,19). The van der Waals surface area contributed by atoms with Gasteiger partial charge in [-0.15, -0.1) is 11.8 Å². The zero-order chi connectivity index (χ0) is 14.2. The van der Waals surface area contributed by atoms with Gasteiger partial charge in [-0.05, 0) is 43.4 Å². The maximum absolute atomic E-state index is 4.48. The molecular formula is C15H15N5S. The first-order chi connectivity index (χ1) is 10.3. The van der Waals surface area contributed by atoms with Gasteiger partial charge in [0, 0.05) is 16.6 Å². The van der Waals surface area contributed by atoms with Gasteiger partial charge in [0.15, 0.2) is 17.0 Å². The van der Waals surface area contributed by atoms with Crippen LogP contribution in [-0.2, 0) is 0 Å². The Labute approximate surface area is 126 Å². The largest absolute Gasteiger partial charge is 0.338 e. The Kier molecular flexibility index (Phi) is 3.03. The third-order valence-electron chi connectivity index (χ3n) is 3.65. The maximum atomic E-state index is 4.48. The van der Waals surface area contributed by atoms with Crippen molar-refractivity contribution in [3.05, 3.63) is 36.9 Å². The molecule has 1 fully saturated rings. The second-order valence-electron chi connectivity index (χ2n) is 5.13. The van der Waals surface area contributed by atoms with Crippen LogP contribution in [0, 0.1) is 0 Å². The number of nitrogens with one attached hydrogen (secondary N) is 1. The molecule has 0 bridgehead atoms. The second-order valence-corrected chi connectivity index (χ2v) is 6.01. The summed E-state index contributed by atoms with van der Waals surface area (Å²) < 4.78 is 2.15. The predicted octanol–water partition coefficient (Wildman–Crippen LogP) is 3.63. The Bertz CT molecular complexity index is 776. The molecule has 2 aromatic heterocycles. The van der Waals surface area contributed by atoms with Gasteiger partial charge in [0.05, 0.1) is 6.33 Å². The summed E-state index contributed by atoms with van der Waals surface area (Å²) in [6.07, 6.45) is 7.98. The highest BCUT2D eigenvalue weighted by Crippen LogP contribution is 2.37. The van der Waals surface area contributed by atoms with Crippen molar-refractivity contribution in [1.29, 1.82) is 0 Å². The van der Waals surface area contributed by atoms with E-state index in [0.29, 0.717) is 6.04 Å². The van der Waals surface area contributed by atoms with E-state index in [9.17, 15) is 0 Å². The Hall–Kier alpha value is -2.08. The number of anilines is 2. The van der Waals surface area contributed by atoms with E-state index in [0.717, 1.165) is 22.7 Å². The summed E-state index contributed by atoms with van der Waals surface area (Å²) >= 11 is 1.73. The lowest BCUT2D eigenvalue weighted by Crippen LogP contribution is -1.98. The quantitative estimate of drug-likeness (QED) is 0.745. The SMILES string of the molecule is CSc1ccc(Nc2ncnc3c2ncn3C2CC2)cc1. The van der Waals surface area contributed by atoms with Crippen molar-refractivity contribution < 1.29 is 0 Å². The van der Waals surface area contributed by atoms with E-state index >= 15 is 0 Å². The monoisotopic (exact) mass is 297 g/mol. The number of fused-ring (bicyclic) bond motifs is 1. The molecule has 1 saturated carbocycles. The van der Waals surface area contributed by atoms with Crippen molar-refractivity contribution >= 4 is 34.4 Å². The van der Waals surface area contributed by atoms with E-state index in [2.05, 4.69) is 55.4 Å². The molecule has 1 aliphatic carbocycles. The number of nitrogens with zero attached hydrogens (tertiary/aromatic N) is 4. The van der Waals surface area contributed by atoms with Crippen LogP contribution in [0.5, 0.6) is 0 Å². The van der Waals surface area contributed by atoms with Gasteiger partial charge in [0.25, 0.3) is 0 Å². The highest BCUT2D eigenvalue weighted by molar-refractivity contribution is 7.98. The number of hydrogen-bond donors (Lipinski definition) is 1. The van der Waals surface area contributed by atoms with Crippen LogP contribution >= 0.6 is 11.8 Å². The average molecular weight is 297 g/mol. The number of imidazole rings is 1. The molecule has 0 atom stereocenters. The van der Waals surface area contributed by atoms with E-state index in [1.807, 2.05) is 6.33 Å². The minimum absolute atomic E-state index is 0.568. The molecule has 5 nitrogen and oxygen atoms in total. The molecule has 2 heterocycles. The van der Waals surface area contributed by atoms with Crippen molar-refractivity contribution in [3.8, 4) is 0 Å². The second kappa shape index (κ2) is 5.04. The lowest BCUT2D eigenvalue weighted by molar-refractivity contribution is 0.756. The van der Waals surface area contributed by atoms with E-state index < -0.39 is 0 Å². The van der Waals surface area contributed by atoms with Crippen LogP contribution in [0.25, 0.3) is 11.2 Å². The molecule has 21 heavy (non-hydrogen) atoms. The first-order valence-corrected chi connectivity index (χ1v) is 8.16. The van der Waals surface area contributed by atoms with Gasteiger partial charge in [0.2, 0.25) is 0 Å². The number of thioether (sulfide) groups is 1. The number of hydrogen-bond acceptors (Lipinski definition) is 5. The number of aromatic nitrogens is 4. The van der Waals surface area contributed by atoms with Gasteiger partial charge in [-0.1, -0.05) is 0 Å². The summed E-state index contributed by atoms with van der Waals surface area (Å²) in [5, 5.41) is 3.33. The molecular weight excluding hydrogens is 282 g/mol. The lowest BCUT2D eigenvalue weighted by atomic mass is 10.3. The normalized spacial score (nSPS) is 14.5. The fraction of sp³-hybridized carbons (Fsp3) is 0.267. The molecule has 1 aromatic carbocycles. The smallest absolute Gasteiger partial charge is 0.165 e. The van der Waals surface area contributed by atoms with Crippen LogP contribution in [-0.4, -0.2) is 25.8 Å². The maximum Gasteiger partial charge on any atom is 0.165 e. The summed E-state index contributed by atoms with van der Waals surface area (Å²) in [6.45, 7) is 0. The number of benzene rings is 1. The molecule has 0 aliphatic heterocycles. The topological polar surface area (TPSA) is 55.6 Å². The molecule has 0 unspecified atom stereocenters. The molecule has 1 aliphatic rings. The molecule has 0 saturated heterocycles. The molecule has 1 N–H and O–H groups in total. The van der Waals surface area contributed by atoms with Crippen LogP contribution < -0.4 is 5.32 Å². The van der Waals surface area contributed by atoms with Crippen LogP contribution in [0.15, 0.2) is 41.8 Å². The van der Waals surface area contributed by atoms with E-state index in [4.69, 9.17) is 0 Å². The first kappa shape index (κ1) is 12.6. The van der Waals surface area contributed by atoms with Gasteiger partial charge in [-0.3, -0.25) is 0 Å². The Balaban J connectivity index is 1.69. The van der Waals surface area contributed by atoms with Gasteiger partial charge in [-0.2, -0.15) is 0 Å². The summed E-state index contributed by atoms with van der Waals surface area (Å²) in [5.74, 6) is 0.760. The van der Waals surface area contributed by atoms with Crippen molar-refractivity contribution in [3.63, 3.8) is 0 Å². The minimum atomic E-state index is 0.568. The van der Waals surface area contributed by atoms with Crippen molar-refractivity contribution in [1.82, 2.24) is 19.5 Å². The molecule has 0 radical (unpaired) electrons. The van der Waals surface area contributed by atoms with Crippen molar-refractivity contribution in [2.75, 3.05) is 11.6 Å². The Morgan fingerprint density at radius 3 is 2.67 bits per heavy atom. The van der Waals surface area contributed by atoms with Gasteiger partial charge < -0.3 is 9.88 Å². The third kappa shape index (κ3) is 2.35. The predicted molar refractivity (Wildman–Crippen MR) is 85.1 cm³/mol. The molecule has 0 amide bonds. The van der Waals surface area contributed by atoms with Gasteiger partial charge in [0.1, 0.15) is 6.33 Å². The summed E-state index contributed by atoms with van der Waals surface area (Å²) in [7, 11) is 0. The van der Waals surface area contributed by atoms with Crippen LogP contribution in [0.2, 0.25) is 0 Å². The Morgan fingerprint density at radius 2 is 1.95 bits per heavy atom. The zero-order valence-corrected chi connectivity index (χ0v) is 12.5. The number of rotatable bonds is 4. The summed E-state index contributed by atoms with van der Waals surface area (Å²) in [5.41, 5.74) is 2.75. The fourth-order valence-corrected chi connectivity index (χ4v) is 2.78. The lowest BCUT2D eigenvalue weighted by Gasteiger charge is -2.07. The minimum Gasteiger partial charge on any atom is -0.338 e. The van der Waals surface area contributed by atoms with E-state index in [1.54, 1.807) is 18.1 Å². The summed E-state index contributed by atoms with van der Waals surface area (Å²) in [4.78, 5) is 14.4. The van der Waals surface area contributed by atoms with Crippen molar-refractivity contribution in [2.45, 2.75) is 23.8 Å². The molecule has 6 heteroatoms. The molecule has 106 valence electrons. The van der Waals surface area contributed by atoms with Gasteiger partial charge >= 0.3 is 0 Å². The average Bonchev–Trinajstić information content (AvgIpc) is 3.28. The highest BCUT2D eigenvalue weighted by Gasteiger charge is 2.26. The highest BCUT2D eigenvalue weighted by atomic mass is 32.2. The van der Waals surface area contributed by atoms with E-state index in [1.165, 1.54) is 17.7 Å². The third-order valence-corrected chi connectivity index (χ3v) is 4.40. The fourth-order valence-electron chi connectivity index (χ4n) is 2.37. The summed E-state index contributed by atoms with van der Waals surface area (Å²) in [6, 6.07) is 8.86. The van der Waals surface area contributed by atoms with Crippen molar-refractivity contribution in [2.24, 2.45) is 0 Å². The molecule has 0 spiro atoms. The van der Waals surface area contributed by atoms with E-state index in [-0.39, 0.29) is 0 Å². The van der Waals surface area contributed by atoms with Crippen LogP contribution in [0.4, 0.5) is 11.5 Å². The Morgan fingerprint density at radius 1 is 1.14 bits per heavy atom. The van der Waals surface area contributed by atoms with Gasteiger partial charge in [-0.25, -0.2) is 15.0 Å². The molecule has 3 aromatic rings. The van der Waals surface area contributed by atoms with Crippen LogP contribution in [0.3, 0.4) is 0 Å². The first-order valence-electron chi connectivity index (χ1n) is 6.94.